The van der Waals surface area contributed by atoms with Crippen LogP contribution in [-0.2, 0) is 32.5 Å². The van der Waals surface area contributed by atoms with E-state index in [1.54, 1.807) is 50.1 Å². The summed E-state index contributed by atoms with van der Waals surface area (Å²) in [6.07, 6.45) is 20.8. The lowest BCUT2D eigenvalue weighted by Crippen LogP contribution is -2.12. The summed E-state index contributed by atoms with van der Waals surface area (Å²) < 4.78 is 0. The highest BCUT2D eigenvalue weighted by Crippen LogP contribution is 2.31. The summed E-state index contributed by atoms with van der Waals surface area (Å²) in [5, 5.41) is 4.47. The molecular formula is C72H84N12. The van der Waals surface area contributed by atoms with E-state index in [0.717, 1.165) is 65.7 Å². The molecule has 6 aromatic heterocycles. The van der Waals surface area contributed by atoms with E-state index in [0.29, 0.717) is 0 Å². The molecule has 432 valence electrons. The van der Waals surface area contributed by atoms with E-state index < -0.39 is 0 Å². The third-order valence-electron chi connectivity index (χ3n) is 14.1. The molecule has 0 saturated heterocycles. The van der Waals surface area contributed by atoms with Crippen LogP contribution < -0.4 is 0 Å². The van der Waals surface area contributed by atoms with Crippen LogP contribution in [0.5, 0.6) is 0 Å². The zero-order valence-electron chi connectivity index (χ0n) is 52.7. The smallest absolute Gasteiger partial charge is 0.116 e. The Hall–Kier alpha value is -8.64. The quantitative estimate of drug-likeness (QED) is 0.142. The first-order valence-electron chi connectivity index (χ1n) is 28.7. The number of rotatable bonds is 0. The van der Waals surface area contributed by atoms with E-state index in [9.17, 15) is 0 Å². The fourth-order valence-electron chi connectivity index (χ4n) is 9.20. The van der Waals surface area contributed by atoms with Gasteiger partial charge >= 0.3 is 0 Å². The van der Waals surface area contributed by atoms with E-state index in [1.165, 1.54) is 33.4 Å². The third kappa shape index (κ3) is 17.0. The van der Waals surface area contributed by atoms with Gasteiger partial charge in [0.25, 0.3) is 0 Å². The normalized spacial score (nSPS) is 11.9. The second kappa shape index (κ2) is 26.3. The molecule has 84 heavy (non-hydrogen) atoms. The molecule has 0 aliphatic carbocycles. The Kier molecular flexibility index (Phi) is 19.7. The van der Waals surface area contributed by atoms with Crippen molar-refractivity contribution in [3.05, 3.63) is 217 Å². The van der Waals surface area contributed by atoms with Gasteiger partial charge in [0.1, 0.15) is 25.3 Å². The SMILES string of the molecule is CC(C)(C)c1ccc2cncnc2c1.CC(C)(C)c1ccc2nccnc2c1.CC(C)(C)c1ccc2ncncc2c1.CC(C)(C)c1cccc2cncnc12.CC(C)(C)c1cccc2nccnc12.CC(C)(C)c1cccc2ncncc12. The standard InChI is InChI=1S/6C12H14N2/c1-12(2,3)10-4-5-11-9(6-10)7-13-8-14-11;1-12(2,3)10-5-4-9-7-13-8-14-11(9)6-10;1-12(2,3)9-4-5-10-11(8-9)14-7-6-13-10;1-12(2,3)10-5-4-6-11-9(10)7-13-8-14-11;1-12(2,3)10-6-4-5-9-7-13-8-14-11(9)10;1-12(2,3)9-5-4-6-10-11(9)14-8-7-13-10/h6*4-8H,1-3H3. The highest BCUT2D eigenvalue weighted by Gasteiger charge is 2.20. The predicted octanol–water partition coefficient (Wildman–Crippen LogP) is 17.6. The lowest BCUT2D eigenvalue weighted by Gasteiger charge is -2.20. The highest BCUT2D eigenvalue weighted by atomic mass is 14.8. The minimum atomic E-state index is 0.121. The first-order valence-corrected chi connectivity index (χ1v) is 28.7. The molecular weight excluding hydrogens is 1030 g/mol. The predicted molar refractivity (Wildman–Crippen MR) is 349 cm³/mol. The molecule has 0 N–H and O–H groups in total. The van der Waals surface area contributed by atoms with E-state index in [1.807, 2.05) is 55.1 Å². The van der Waals surface area contributed by atoms with E-state index in [-0.39, 0.29) is 32.5 Å². The molecule has 0 fully saturated rings. The van der Waals surface area contributed by atoms with Gasteiger partial charge in [0.2, 0.25) is 0 Å². The van der Waals surface area contributed by atoms with Crippen molar-refractivity contribution in [2.24, 2.45) is 0 Å². The largest absolute Gasteiger partial charge is 0.253 e. The number of para-hydroxylation sites is 2. The van der Waals surface area contributed by atoms with Crippen LogP contribution >= 0.6 is 0 Å². The van der Waals surface area contributed by atoms with Gasteiger partial charge in [-0.05, 0) is 108 Å². The molecule has 0 saturated carbocycles. The van der Waals surface area contributed by atoms with Crippen molar-refractivity contribution >= 4 is 65.7 Å². The fourth-order valence-corrected chi connectivity index (χ4v) is 9.20. The van der Waals surface area contributed by atoms with Crippen LogP contribution in [0.3, 0.4) is 0 Å². The summed E-state index contributed by atoms with van der Waals surface area (Å²) in [4.78, 5) is 50.4. The summed E-state index contributed by atoms with van der Waals surface area (Å²) in [5.74, 6) is 0. The molecule has 0 amide bonds. The Morgan fingerprint density at radius 1 is 0.250 bits per heavy atom. The molecule has 0 spiro atoms. The molecule has 12 nitrogen and oxygen atoms in total. The van der Waals surface area contributed by atoms with Gasteiger partial charge in [-0.15, -0.1) is 0 Å². The topological polar surface area (TPSA) is 155 Å². The summed E-state index contributed by atoms with van der Waals surface area (Å²) in [6, 6.07) is 37.6. The van der Waals surface area contributed by atoms with Gasteiger partial charge < -0.3 is 0 Å². The van der Waals surface area contributed by atoms with Crippen LogP contribution in [0.4, 0.5) is 0 Å². The van der Waals surface area contributed by atoms with E-state index in [4.69, 9.17) is 0 Å². The summed E-state index contributed by atoms with van der Waals surface area (Å²) in [7, 11) is 0. The Morgan fingerprint density at radius 3 is 1.26 bits per heavy atom. The van der Waals surface area contributed by atoms with E-state index >= 15 is 0 Å². The van der Waals surface area contributed by atoms with E-state index in [2.05, 4.69) is 263 Å². The summed E-state index contributed by atoms with van der Waals surface area (Å²) >= 11 is 0. The van der Waals surface area contributed by atoms with Crippen LogP contribution in [0.1, 0.15) is 158 Å². The monoisotopic (exact) mass is 1120 g/mol. The molecule has 0 aliphatic rings. The van der Waals surface area contributed by atoms with Crippen molar-refractivity contribution in [1.29, 1.82) is 0 Å². The molecule has 6 heterocycles. The number of fused-ring (bicyclic) bond motifs is 6. The Bertz CT molecular complexity index is 3660. The Balaban J connectivity index is 0.000000145. The van der Waals surface area contributed by atoms with Crippen molar-refractivity contribution in [3.8, 4) is 0 Å². The molecule has 0 atom stereocenters. The minimum absolute atomic E-state index is 0.121. The third-order valence-corrected chi connectivity index (χ3v) is 14.1. The number of hydrogen-bond donors (Lipinski definition) is 0. The minimum Gasteiger partial charge on any atom is -0.253 e. The second-order valence-corrected chi connectivity index (χ2v) is 27.1. The van der Waals surface area contributed by atoms with Gasteiger partial charge in [0.05, 0.1) is 44.1 Å². The summed E-state index contributed by atoms with van der Waals surface area (Å²) in [5.41, 5.74) is 16.7. The first kappa shape index (κ1) is 63.0. The maximum absolute atomic E-state index is 4.39. The van der Waals surface area contributed by atoms with Crippen LogP contribution in [0.15, 0.2) is 184 Å². The lowest BCUT2D eigenvalue weighted by atomic mass is 9.85. The van der Waals surface area contributed by atoms with Gasteiger partial charge in [0, 0.05) is 71.1 Å². The molecule has 12 heteroatoms. The number of nitrogens with zero attached hydrogens (tertiary/aromatic N) is 12. The zero-order valence-corrected chi connectivity index (χ0v) is 52.7. The van der Waals surface area contributed by atoms with Gasteiger partial charge in [-0.2, -0.15) is 0 Å². The van der Waals surface area contributed by atoms with Crippen LogP contribution in [-0.4, -0.2) is 59.8 Å². The first-order chi connectivity index (χ1) is 39.5. The van der Waals surface area contributed by atoms with Crippen molar-refractivity contribution < 1.29 is 0 Å². The van der Waals surface area contributed by atoms with Gasteiger partial charge in [0.15, 0.2) is 0 Å². The number of aromatic nitrogens is 12. The zero-order chi connectivity index (χ0) is 61.1. The van der Waals surface area contributed by atoms with Crippen LogP contribution in [0, 0.1) is 0 Å². The maximum atomic E-state index is 4.39. The van der Waals surface area contributed by atoms with Crippen LogP contribution in [0.2, 0.25) is 0 Å². The fraction of sp³-hybridized carbons (Fsp3) is 0.333. The number of benzene rings is 6. The van der Waals surface area contributed by atoms with Crippen molar-refractivity contribution in [2.75, 3.05) is 0 Å². The molecule has 0 unspecified atom stereocenters. The average Bonchev–Trinajstić information content (AvgIpc) is 3.20. The van der Waals surface area contributed by atoms with Crippen molar-refractivity contribution in [3.63, 3.8) is 0 Å². The van der Waals surface area contributed by atoms with Gasteiger partial charge in [-0.1, -0.05) is 191 Å². The lowest BCUT2D eigenvalue weighted by molar-refractivity contribution is 0.590. The average molecular weight is 1120 g/mol. The van der Waals surface area contributed by atoms with Gasteiger partial charge in [-0.3, -0.25) is 19.9 Å². The molecule has 0 bridgehead atoms. The second-order valence-electron chi connectivity index (χ2n) is 27.1. The number of hydrogen-bond acceptors (Lipinski definition) is 12. The molecule has 0 aliphatic heterocycles. The van der Waals surface area contributed by atoms with Gasteiger partial charge in [-0.25, -0.2) is 39.9 Å². The Labute approximate surface area is 497 Å². The molecule has 6 aromatic carbocycles. The maximum Gasteiger partial charge on any atom is 0.116 e. The Morgan fingerprint density at radius 2 is 0.667 bits per heavy atom. The highest BCUT2D eigenvalue weighted by molar-refractivity contribution is 5.83. The summed E-state index contributed by atoms with van der Waals surface area (Å²) in [6.45, 7) is 39.6. The van der Waals surface area contributed by atoms with Crippen molar-refractivity contribution in [1.82, 2.24) is 59.8 Å². The molecule has 12 aromatic rings. The molecule has 0 radical (unpaired) electrons. The molecule has 12 rings (SSSR count). The van der Waals surface area contributed by atoms with Crippen molar-refractivity contribution in [2.45, 2.75) is 157 Å². The van der Waals surface area contributed by atoms with Crippen LogP contribution in [0.25, 0.3) is 65.7 Å².